The Bertz CT molecular complexity index is 580. The fourth-order valence-electron chi connectivity index (χ4n) is 2.82. The number of piperazine rings is 1. The molecule has 0 bridgehead atoms. The van der Waals surface area contributed by atoms with Crippen LogP contribution in [-0.2, 0) is 9.59 Å². The molecule has 0 saturated carbocycles. The van der Waals surface area contributed by atoms with Crippen molar-refractivity contribution in [1.29, 1.82) is 0 Å². The predicted octanol–water partition coefficient (Wildman–Crippen LogP) is 1.14. The quantitative estimate of drug-likeness (QED) is 0.850. The second-order valence-electron chi connectivity index (χ2n) is 6.14. The van der Waals surface area contributed by atoms with E-state index in [1.165, 1.54) is 16.8 Å². The molecule has 1 aromatic carbocycles. The Labute approximate surface area is 136 Å². The molecule has 1 fully saturated rings. The smallest absolute Gasteiger partial charge is 0.320 e. The molecule has 0 spiro atoms. The lowest BCUT2D eigenvalue weighted by molar-refractivity contribution is -0.139. The van der Waals surface area contributed by atoms with Gasteiger partial charge in [-0.25, -0.2) is 0 Å². The van der Waals surface area contributed by atoms with Gasteiger partial charge in [-0.05, 0) is 37.5 Å². The summed E-state index contributed by atoms with van der Waals surface area (Å²) >= 11 is 0. The Hall–Kier alpha value is -2.08. The molecule has 1 amide bonds. The first-order valence-electron chi connectivity index (χ1n) is 7.97. The lowest BCUT2D eigenvalue weighted by Gasteiger charge is -2.37. The van der Waals surface area contributed by atoms with Gasteiger partial charge in [-0.2, -0.15) is 0 Å². The zero-order valence-corrected chi connectivity index (χ0v) is 13.8. The number of aryl methyl sites for hydroxylation is 2. The monoisotopic (exact) mass is 319 g/mol. The first kappa shape index (κ1) is 17.3. The molecule has 3 N–H and O–H groups in total. The van der Waals surface area contributed by atoms with E-state index in [9.17, 15) is 9.59 Å². The first-order chi connectivity index (χ1) is 10.9. The fourth-order valence-corrected chi connectivity index (χ4v) is 2.82. The molecule has 23 heavy (non-hydrogen) atoms. The van der Waals surface area contributed by atoms with Gasteiger partial charge in [0.25, 0.3) is 0 Å². The molecule has 0 radical (unpaired) electrons. The van der Waals surface area contributed by atoms with E-state index in [0.29, 0.717) is 13.1 Å². The Kier molecular flexibility index (Phi) is 5.60. The third kappa shape index (κ3) is 4.45. The summed E-state index contributed by atoms with van der Waals surface area (Å²) in [5.74, 6) is -1.07. The summed E-state index contributed by atoms with van der Waals surface area (Å²) in [4.78, 5) is 26.9. The van der Waals surface area contributed by atoms with E-state index < -0.39 is 12.0 Å². The molecule has 126 valence electrons. The number of carbonyl (C=O) groups excluding carboxylic acids is 1. The van der Waals surface area contributed by atoms with Crippen molar-refractivity contribution in [2.75, 3.05) is 31.1 Å². The van der Waals surface area contributed by atoms with Crippen molar-refractivity contribution >= 4 is 17.6 Å². The third-order valence-electron chi connectivity index (χ3n) is 4.32. The summed E-state index contributed by atoms with van der Waals surface area (Å²) in [7, 11) is 0. The van der Waals surface area contributed by atoms with Crippen LogP contribution in [0.2, 0.25) is 0 Å². The molecular weight excluding hydrogens is 294 g/mol. The van der Waals surface area contributed by atoms with Gasteiger partial charge >= 0.3 is 5.97 Å². The molecule has 2 rings (SSSR count). The number of amides is 1. The minimum Gasteiger partial charge on any atom is -0.480 e. The van der Waals surface area contributed by atoms with Crippen molar-refractivity contribution in [3.05, 3.63) is 29.3 Å². The van der Waals surface area contributed by atoms with Gasteiger partial charge in [-0.15, -0.1) is 0 Å². The number of anilines is 1. The van der Waals surface area contributed by atoms with Gasteiger partial charge < -0.3 is 20.6 Å². The highest BCUT2D eigenvalue weighted by Gasteiger charge is 2.23. The zero-order valence-electron chi connectivity index (χ0n) is 13.8. The summed E-state index contributed by atoms with van der Waals surface area (Å²) in [6.45, 7) is 7.08. The Morgan fingerprint density at radius 1 is 1.22 bits per heavy atom. The summed E-state index contributed by atoms with van der Waals surface area (Å²) in [6, 6.07) is 5.44. The van der Waals surface area contributed by atoms with Crippen LogP contribution < -0.4 is 10.6 Å². The van der Waals surface area contributed by atoms with E-state index in [-0.39, 0.29) is 18.7 Å². The number of carboxylic acids is 1. The topological polar surface area (TPSA) is 86.9 Å². The molecule has 1 aliphatic rings. The van der Waals surface area contributed by atoms with Crippen LogP contribution in [0, 0.1) is 13.8 Å². The van der Waals surface area contributed by atoms with Crippen LogP contribution in [0.15, 0.2) is 18.2 Å². The average molecular weight is 319 g/mol. The van der Waals surface area contributed by atoms with Crippen LogP contribution in [0.25, 0.3) is 0 Å². The van der Waals surface area contributed by atoms with Crippen molar-refractivity contribution in [3.63, 3.8) is 0 Å². The van der Waals surface area contributed by atoms with Crippen LogP contribution in [0.5, 0.6) is 0 Å². The van der Waals surface area contributed by atoms with Gasteiger partial charge in [0, 0.05) is 38.3 Å². The highest BCUT2D eigenvalue weighted by Crippen LogP contribution is 2.23. The standard InChI is InChI=1S/C17H25N3O3/c1-12-3-4-13(2)15(11-12)19-7-9-20(10-8-19)16(21)6-5-14(18)17(22)23/h3-4,11,14H,5-10,18H2,1-2H3,(H,22,23)/t14-/m0/s1. The maximum Gasteiger partial charge on any atom is 0.320 e. The van der Waals surface area contributed by atoms with Crippen LogP contribution in [0.3, 0.4) is 0 Å². The van der Waals surface area contributed by atoms with Gasteiger partial charge in [0.1, 0.15) is 6.04 Å². The molecule has 6 nitrogen and oxygen atoms in total. The van der Waals surface area contributed by atoms with Crippen molar-refractivity contribution in [2.45, 2.75) is 32.7 Å². The summed E-state index contributed by atoms with van der Waals surface area (Å²) in [5, 5.41) is 8.76. The van der Waals surface area contributed by atoms with Crippen molar-refractivity contribution in [2.24, 2.45) is 5.73 Å². The number of carbonyl (C=O) groups is 2. The Morgan fingerprint density at radius 3 is 2.48 bits per heavy atom. The maximum absolute atomic E-state index is 12.1. The van der Waals surface area contributed by atoms with Gasteiger partial charge in [0.2, 0.25) is 5.91 Å². The molecule has 0 unspecified atom stereocenters. The second-order valence-corrected chi connectivity index (χ2v) is 6.14. The minimum atomic E-state index is -1.06. The molecule has 1 aromatic rings. The number of hydrogen-bond donors (Lipinski definition) is 2. The highest BCUT2D eigenvalue weighted by atomic mass is 16.4. The lowest BCUT2D eigenvalue weighted by Crippen LogP contribution is -2.49. The maximum atomic E-state index is 12.1. The van der Waals surface area contributed by atoms with Crippen molar-refractivity contribution in [3.8, 4) is 0 Å². The SMILES string of the molecule is Cc1ccc(C)c(N2CCN(C(=O)CC[C@H](N)C(=O)O)CC2)c1. The predicted molar refractivity (Wildman–Crippen MR) is 89.6 cm³/mol. The van der Waals surface area contributed by atoms with E-state index in [2.05, 4.69) is 36.9 Å². The Balaban J connectivity index is 1.87. The second kappa shape index (κ2) is 7.46. The van der Waals surface area contributed by atoms with Gasteiger partial charge in [0.15, 0.2) is 0 Å². The van der Waals surface area contributed by atoms with Gasteiger partial charge in [0.05, 0.1) is 0 Å². The molecule has 1 aliphatic heterocycles. The normalized spacial score (nSPS) is 16.3. The van der Waals surface area contributed by atoms with E-state index >= 15 is 0 Å². The zero-order chi connectivity index (χ0) is 17.0. The average Bonchev–Trinajstić information content (AvgIpc) is 2.54. The van der Waals surface area contributed by atoms with Crippen LogP contribution in [-0.4, -0.2) is 54.1 Å². The molecule has 1 atom stereocenters. The number of rotatable bonds is 5. The molecule has 0 aliphatic carbocycles. The summed E-state index contributed by atoms with van der Waals surface area (Å²) < 4.78 is 0. The highest BCUT2D eigenvalue weighted by molar-refractivity contribution is 5.78. The largest absolute Gasteiger partial charge is 0.480 e. The summed E-state index contributed by atoms with van der Waals surface area (Å²) in [6.07, 6.45) is 0.377. The number of nitrogens with zero attached hydrogens (tertiary/aromatic N) is 2. The van der Waals surface area contributed by atoms with E-state index in [0.717, 1.165) is 13.1 Å². The van der Waals surface area contributed by atoms with E-state index in [1.807, 2.05) is 0 Å². The van der Waals surface area contributed by atoms with Gasteiger partial charge in [-0.1, -0.05) is 12.1 Å². The number of hydrogen-bond acceptors (Lipinski definition) is 4. The van der Waals surface area contributed by atoms with Crippen LogP contribution in [0.4, 0.5) is 5.69 Å². The number of nitrogens with two attached hydrogens (primary N) is 1. The first-order valence-corrected chi connectivity index (χ1v) is 7.97. The summed E-state index contributed by atoms with van der Waals surface area (Å²) in [5.41, 5.74) is 9.14. The van der Waals surface area contributed by atoms with Crippen molar-refractivity contribution < 1.29 is 14.7 Å². The minimum absolute atomic E-state index is 0.0117. The molecule has 0 aromatic heterocycles. The molecular formula is C17H25N3O3. The molecule has 1 saturated heterocycles. The van der Waals surface area contributed by atoms with Gasteiger partial charge in [-0.3, -0.25) is 9.59 Å². The van der Waals surface area contributed by atoms with E-state index in [1.54, 1.807) is 4.90 Å². The molecule has 6 heteroatoms. The Morgan fingerprint density at radius 2 is 1.87 bits per heavy atom. The molecule has 1 heterocycles. The van der Waals surface area contributed by atoms with Crippen molar-refractivity contribution in [1.82, 2.24) is 4.90 Å². The fraction of sp³-hybridized carbons (Fsp3) is 0.529. The van der Waals surface area contributed by atoms with E-state index in [4.69, 9.17) is 10.8 Å². The lowest BCUT2D eigenvalue weighted by atomic mass is 10.1. The number of aliphatic carboxylic acids is 1. The van der Waals surface area contributed by atoms with Crippen LogP contribution >= 0.6 is 0 Å². The van der Waals surface area contributed by atoms with Crippen LogP contribution in [0.1, 0.15) is 24.0 Å². The third-order valence-corrected chi connectivity index (χ3v) is 4.32. The number of carboxylic acid groups (broad SMARTS) is 1. The number of benzene rings is 1.